The molecule has 1 unspecified atom stereocenters. The summed E-state index contributed by atoms with van der Waals surface area (Å²) in [7, 11) is 1.47. The van der Waals surface area contributed by atoms with Gasteiger partial charge in [0.2, 0.25) is 5.88 Å². The maximum atomic E-state index is 13.1. The zero-order chi connectivity index (χ0) is 25.1. The molecule has 12 heteroatoms. The Kier molecular flexibility index (Phi) is 6.43. The number of nitrogens with one attached hydrogen (secondary N) is 2. The largest absolute Gasteiger partial charge is 0.480 e. The summed E-state index contributed by atoms with van der Waals surface area (Å²) in [5.41, 5.74) is 3.00. The maximum Gasteiger partial charge on any atom is 0.346 e. The van der Waals surface area contributed by atoms with Crippen LogP contribution in [0.25, 0.3) is 16.9 Å². The number of fused-ring (bicyclic) bond motifs is 1. The number of amides is 3. The minimum absolute atomic E-state index is 0.209. The molecule has 0 spiro atoms. The Hall–Kier alpha value is -4.55. The average Bonchev–Trinajstić information content (AvgIpc) is 3.55. The van der Waals surface area contributed by atoms with Gasteiger partial charge in [-0.1, -0.05) is 30.3 Å². The number of urea groups is 1. The van der Waals surface area contributed by atoms with Crippen LogP contribution in [-0.2, 0) is 9.63 Å². The molecule has 1 aliphatic rings. The number of carbonyl (C=O) groups is 2. The lowest BCUT2D eigenvalue weighted by molar-refractivity contribution is -0.118. The van der Waals surface area contributed by atoms with Crippen molar-refractivity contribution in [3.63, 3.8) is 0 Å². The number of aromatic nitrogens is 4. The van der Waals surface area contributed by atoms with Crippen molar-refractivity contribution in [2.75, 3.05) is 31.0 Å². The smallest absolute Gasteiger partial charge is 0.346 e. The molecule has 3 N–H and O–H groups in total. The monoisotopic (exact) mass is 489 g/mol. The van der Waals surface area contributed by atoms with Crippen LogP contribution in [-0.4, -0.2) is 62.0 Å². The van der Waals surface area contributed by atoms with E-state index in [0.717, 1.165) is 5.56 Å². The van der Waals surface area contributed by atoms with Gasteiger partial charge in [-0.2, -0.15) is 10.2 Å². The van der Waals surface area contributed by atoms with Crippen LogP contribution in [0.5, 0.6) is 5.88 Å². The Balaban J connectivity index is 1.40. The highest BCUT2D eigenvalue weighted by Gasteiger charge is 2.32. The second kappa shape index (κ2) is 9.98. The highest BCUT2D eigenvalue weighted by molar-refractivity contribution is 5.91. The Morgan fingerprint density at radius 1 is 1.19 bits per heavy atom. The third-order valence-corrected chi connectivity index (χ3v) is 5.60. The maximum absolute atomic E-state index is 13.1. The van der Waals surface area contributed by atoms with Crippen molar-refractivity contribution >= 4 is 29.1 Å². The van der Waals surface area contributed by atoms with Gasteiger partial charge in [0.25, 0.3) is 5.91 Å². The van der Waals surface area contributed by atoms with Gasteiger partial charge in [-0.05, 0) is 23.8 Å². The first-order valence-corrected chi connectivity index (χ1v) is 11.2. The van der Waals surface area contributed by atoms with Crippen LogP contribution in [0.15, 0.2) is 60.9 Å². The summed E-state index contributed by atoms with van der Waals surface area (Å²) >= 11 is 0. The molecule has 184 valence electrons. The first-order chi connectivity index (χ1) is 17.6. The number of imidazole rings is 1. The molecule has 1 aromatic carbocycles. The van der Waals surface area contributed by atoms with E-state index in [1.54, 1.807) is 24.4 Å². The fourth-order valence-corrected chi connectivity index (χ4v) is 3.94. The van der Waals surface area contributed by atoms with Crippen LogP contribution in [0.2, 0.25) is 0 Å². The number of anilines is 2. The molecule has 5 rings (SSSR count). The standard InChI is InChI=1S/C24H23N7O5/c1-35-23-18(26-24(34)31-19(9-10-36-31)15-5-3-2-4-6-15)11-16(12-25-23)17-7-8-21-27-20(13-30(21)29-17)28-22(33)14-32/h2-8,11-13,19,32H,9-10,14H2,1H3,(H,26,34)(H,28,33). The third kappa shape index (κ3) is 4.67. The van der Waals surface area contributed by atoms with Gasteiger partial charge in [-0.3, -0.25) is 9.63 Å². The lowest BCUT2D eigenvalue weighted by Gasteiger charge is -2.23. The van der Waals surface area contributed by atoms with Gasteiger partial charge in [-0.25, -0.2) is 19.3 Å². The molecule has 4 aromatic rings. The molecular formula is C24H23N7O5. The van der Waals surface area contributed by atoms with E-state index in [2.05, 4.69) is 25.7 Å². The molecule has 12 nitrogen and oxygen atoms in total. The predicted octanol–water partition coefficient (Wildman–Crippen LogP) is 2.64. The van der Waals surface area contributed by atoms with Crippen molar-refractivity contribution in [1.82, 2.24) is 24.6 Å². The van der Waals surface area contributed by atoms with E-state index in [1.165, 1.54) is 22.9 Å². The van der Waals surface area contributed by atoms with Gasteiger partial charge >= 0.3 is 6.03 Å². The van der Waals surface area contributed by atoms with Crippen molar-refractivity contribution in [2.24, 2.45) is 0 Å². The predicted molar refractivity (Wildman–Crippen MR) is 129 cm³/mol. The second-order valence-electron chi connectivity index (χ2n) is 7.94. The number of pyridine rings is 1. The zero-order valence-corrected chi connectivity index (χ0v) is 19.3. The number of nitrogens with zero attached hydrogens (tertiary/aromatic N) is 5. The Labute approximate surface area is 205 Å². The van der Waals surface area contributed by atoms with E-state index in [4.69, 9.17) is 14.7 Å². The van der Waals surface area contributed by atoms with Gasteiger partial charge in [-0.15, -0.1) is 0 Å². The molecule has 0 bridgehead atoms. The molecule has 36 heavy (non-hydrogen) atoms. The van der Waals surface area contributed by atoms with Crippen LogP contribution < -0.4 is 15.4 Å². The minimum atomic E-state index is -0.646. The van der Waals surface area contributed by atoms with Crippen molar-refractivity contribution in [3.05, 3.63) is 66.5 Å². The average molecular weight is 489 g/mol. The molecule has 0 radical (unpaired) electrons. The van der Waals surface area contributed by atoms with Crippen LogP contribution >= 0.6 is 0 Å². The van der Waals surface area contributed by atoms with Gasteiger partial charge in [0.05, 0.1) is 31.6 Å². The van der Waals surface area contributed by atoms with Gasteiger partial charge < -0.3 is 20.5 Å². The van der Waals surface area contributed by atoms with E-state index in [0.29, 0.717) is 35.6 Å². The molecule has 0 aliphatic carbocycles. The van der Waals surface area contributed by atoms with E-state index in [-0.39, 0.29) is 17.7 Å². The summed E-state index contributed by atoms with van der Waals surface area (Å²) in [5.74, 6) is -0.0757. The van der Waals surface area contributed by atoms with E-state index < -0.39 is 18.5 Å². The number of carbonyl (C=O) groups excluding carboxylic acids is 2. The summed E-state index contributed by atoms with van der Waals surface area (Å²) < 4.78 is 6.84. The summed E-state index contributed by atoms with van der Waals surface area (Å²) in [5, 5.41) is 20.1. The molecule has 3 amide bonds. The minimum Gasteiger partial charge on any atom is -0.480 e. The molecule has 3 aromatic heterocycles. The number of aliphatic hydroxyl groups is 1. The lowest BCUT2D eigenvalue weighted by Crippen LogP contribution is -2.33. The van der Waals surface area contributed by atoms with Crippen LogP contribution in [0.1, 0.15) is 18.0 Å². The van der Waals surface area contributed by atoms with Gasteiger partial charge in [0, 0.05) is 18.2 Å². The highest BCUT2D eigenvalue weighted by atomic mass is 16.7. The summed E-state index contributed by atoms with van der Waals surface area (Å²) in [6.45, 7) is -0.217. The van der Waals surface area contributed by atoms with Crippen molar-refractivity contribution in [3.8, 4) is 17.1 Å². The molecular weight excluding hydrogens is 466 g/mol. The van der Waals surface area contributed by atoms with Crippen LogP contribution in [0.3, 0.4) is 0 Å². The fraction of sp³-hybridized carbons (Fsp3) is 0.208. The topological polar surface area (TPSA) is 143 Å². The normalized spacial score (nSPS) is 15.2. The Morgan fingerprint density at radius 2 is 2.03 bits per heavy atom. The molecule has 1 fully saturated rings. The van der Waals surface area contributed by atoms with Crippen LogP contribution in [0.4, 0.5) is 16.3 Å². The van der Waals surface area contributed by atoms with E-state index in [9.17, 15) is 9.59 Å². The van der Waals surface area contributed by atoms with Crippen molar-refractivity contribution < 1.29 is 24.3 Å². The number of hydrogen-bond acceptors (Lipinski definition) is 8. The number of methoxy groups -OCH3 is 1. The second-order valence-corrected chi connectivity index (χ2v) is 7.94. The lowest BCUT2D eigenvalue weighted by atomic mass is 10.1. The number of benzene rings is 1. The number of hydrogen-bond donors (Lipinski definition) is 3. The summed E-state index contributed by atoms with van der Waals surface area (Å²) in [6, 6.07) is 14.2. The number of ether oxygens (including phenoxy) is 1. The molecule has 0 saturated carbocycles. The SMILES string of the molecule is COc1ncc(-c2ccc3nc(NC(=O)CO)cn3n2)cc1NC(=O)N1OCCC1c1ccccc1. The zero-order valence-electron chi connectivity index (χ0n) is 19.3. The number of rotatable bonds is 6. The molecule has 4 heterocycles. The van der Waals surface area contributed by atoms with E-state index >= 15 is 0 Å². The van der Waals surface area contributed by atoms with Crippen LogP contribution in [0, 0.1) is 0 Å². The summed E-state index contributed by atoms with van der Waals surface area (Å²) in [4.78, 5) is 38.7. The Morgan fingerprint density at radius 3 is 2.81 bits per heavy atom. The van der Waals surface area contributed by atoms with Crippen molar-refractivity contribution in [1.29, 1.82) is 0 Å². The van der Waals surface area contributed by atoms with Gasteiger partial charge in [0.15, 0.2) is 11.5 Å². The van der Waals surface area contributed by atoms with Crippen molar-refractivity contribution in [2.45, 2.75) is 12.5 Å². The highest BCUT2D eigenvalue weighted by Crippen LogP contribution is 2.32. The number of aliphatic hydroxyl groups excluding tert-OH is 1. The number of hydroxylamine groups is 2. The Bertz CT molecular complexity index is 1410. The summed E-state index contributed by atoms with van der Waals surface area (Å²) in [6.07, 6.45) is 3.79. The first-order valence-electron chi connectivity index (χ1n) is 11.2. The molecule has 1 aliphatic heterocycles. The van der Waals surface area contributed by atoms with Gasteiger partial charge in [0.1, 0.15) is 12.3 Å². The third-order valence-electron chi connectivity index (χ3n) is 5.60. The first kappa shape index (κ1) is 23.2. The van der Waals surface area contributed by atoms with E-state index in [1.807, 2.05) is 30.3 Å². The fourth-order valence-electron chi connectivity index (χ4n) is 3.94. The quantitative estimate of drug-likeness (QED) is 0.375. The molecule has 1 atom stereocenters. The molecule has 1 saturated heterocycles.